The second-order valence-electron chi connectivity index (χ2n) is 6.19. The van der Waals surface area contributed by atoms with Crippen molar-refractivity contribution >= 4 is 0 Å². The molecule has 0 aromatic carbocycles. The highest BCUT2D eigenvalue weighted by Crippen LogP contribution is 2.40. The summed E-state index contributed by atoms with van der Waals surface area (Å²) in [6, 6.07) is 0.232. The van der Waals surface area contributed by atoms with Gasteiger partial charge in [-0.05, 0) is 24.2 Å². The molecule has 124 valence electrons. The number of nitrogens with two attached hydrogens (primary N) is 1. The highest BCUT2D eigenvalue weighted by molar-refractivity contribution is 5.02. The van der Waals surface area contributed by atoms with Gasteiger partial charge in [-0.25, -0.2) is 0 Å². The van der Waals surface area contributed by atoms with E-state index in [1.54, 1.807) is 0 Å². The van der Waals surface area contributed by atoms with E-state index < -0.39 is 0 Å². The molecule has 0 aromatic heterocycles. The molecule has 3 N–H and O–H groups in total. The summed E-state index contributed by atoms with van der Waals surface area (Å²) in [6.07, 6.45) is 14.6. The summed E-state index contributed by atoms with van der Waals surface area (Å²) in [6.45, 7) is 13.2. The van der Waals surface area contributed by atoms with Crippen LogP contribution in [0.1, 0.15) is 66.7 Å². The van der Waals surface area contributed by atoms with Crippen LogP contribution in [-0.4, -0.2) is 19.1 Å². The summed E-state index contributed by atoms with van der Waals surface area (Å²) in [5, 5.41) is 3.46. The zero-order chi connectivity index (χ0) is 16.1. The Balaban J connectivity index is 4.27. The molecule has 0 heterocycles. The van der Waals surface area contributed by atoms with E-state index in [1.165, 1.54) is 25.7 Å². The first kappa shape index (κ1) is 20.4. The van der Waals surface area contributed by atoms with Crippen LogP contribution in [0.2, 0.25) is 0 Å². The molecule has 0 aliphatic rings. The molecule has 0 aliphatic carbocycles. The van der Waals surface area contributed by atoms with Gasteiger partial charge in [0, 0.05) is 19.1 Å². The lowest BCUT2D eigenvalue weighted by atomic mass is 9.66. The normalized spacial score (nSPS) is 15.9. The van der Waals surface area contributed by atoms with Crippen molar-refractivity contribution in [2.75, 3.05) is 13.1 Å². The third-order valence-corrected chi connectivity index (χ3v) is 5.03. The van der Waals surface area contributed by atoms with Gasteiger partial charge in [-0.15, -0.1) is 0 Å². The molecule has 2 nitrogen and oxygen atoms in total. The quantitative estimate of drug-likeness (QED) is 0.405. The fourth-order valence-corrected chi connectivity index (χ4v) is 3.30. The van der Waals surface area contributed by atoms with Crippen molar-refractivity contribution in [3.8, 4) is 0 Å². The van der Waals surface area contributed by atoms with Gasteiger partial charge in [0.15, 0.2) is 0 Å². The number of hydrogen-bond donors (Lipinski definition) is 2. The summed E-state index contributed by atoms with van der Waals surface area (Å²) in [5.41, 5.74) is 6.86. The van der Waals surface area contributed by atoms with Gasteiger partial charge in [-0.2, -0.15) is 0 Å². The van der Waals surface area contributed by atoms with Gasteiger partial charge >= 0.3 is 0 Å². The molecule has 0 fully saturated rings. The Labute approximate surface area is 133 Å². The van der Waals surface area contributed by atoms with Crippen molar-refractivity contribution < 1.29 is 0 Å². The minimum absolute atomic E-state index is 0.232. The van der Waals surface area contributed by atoms with Gasteiger partial charge in [-0.3, -0.25) is 0 Å². The number of rotatable bonds is 12. The number of hydrogen-bond acceptors (Lipinski definition) is 2. The molecule has 0 saturated heterocycles. The lowest BCUT2D eigenvalue weighted by Crippen LogP contribution is -2.46. The molecule has 0 rings (SSSR count). The number of nitrogens with one attached hydrogen (secondary N) is 1. The Kier molecular flexibility index (Phi) is 11.7. The third kappa shape index (κ3) is 7.28. The van der Waals surface area contributed by atoms with Gasteiger partial charge in [-0.1, -0.05) is 78.2 Å². The molecule has 21 heavy (non-hydrogen) atoms. The van der Waals surface area contributed by atoms with Gasteiger partial charge in [0.1, 0.15) is 0 Å². The molecule has 0 aliphatic heterocycles. The van der Waals surface area contributed by atoms with Crippen LogP contribution in [0.25, 0.3) is 0 Å². The lowest BCUT2D eigenvalue weighted by molar-refractivity contribution is 0.116. The maximum Gasteiger partial charge on any atom is 0.0196 e. The first-order chi connectivity index (χ1) is 10.1. The minimum atomic E-state index is 0.232. The molecular weight excluding hydrogens is 256 g/mol. The monoisotopic (exact) mass is 294 g/mol. The molecule has 2 heteroatoms. The minimum Gasteiger partial charge on any atom is -0.326 e. The van der Waals surface area contributed by atoms with Crippen molar-refractivity contribution in [2.24, 2.45) is 17.1 Å². The summed E-state index contributed by atoms with van der Waals surface area (Å²) in [5.74, 6) is 0.559. The molecule has 0 amide bonds. The van der Waals surface area contributed by atoms with Gasteiger partial charge in [0.2, 0.25) is 0 Å². The number of allylic oxidation sites excluding steroid dienone is 3. The molecule has 0 saturated carbocycles. The Morgan fingerprint density at radius 1 is 1.05 bits per heavy atom. The highest BCUT2D eigenvalue weighted by atomic mass is 14.9. The molecule has 0 spiro atoms. The fourth-order valence-electron chi connectivity index (χ4n) is 3.30. The van der Waals surface area contributed by atoms with E-state index in [2.05, 4.69) is 64.2 Å². The van der Waals surface area contributed by atoms with Crippen LogP contribution >= 0.6 is 0 Å². The van der Waals surface area contributed by atoms with E-state index in [4.69, 9.17) is 5.73 Å². The second-order valence-corrected chi connectivity index (χ2v) is 6.19. The zero-order valence-electron chi connectivity index (χ0n) is 15.0. The Morgan fingerprint density at radius 3 is 2.19 bits per heavy atom. The first-order valence-corrected chi connectivity index (χ1v) is 8.85. The third-order valence-electron chi connectivity index (χ3n) is 5.03. The van der Waals surface area contributed by atoms with Crippen molar-refractivity contribution in [1.29, 1.82) is 0 Å². The molecule has 2 atom stereocenters. The van der Waals surface area contributed by atoms with E-state index in [9.17, 15) is 0 Å². The Morgan fingerprint density at radius 2 is 1.67 bits per heavy atom. The maximum absolute atomic E-state index is 6.45. The molecule has 0 bridgehead atoms. The van der Waals surface area contributed by atoms with Crippen molar-refractivity contribution in [3.63, 3.8) is 0 Å². The SMILES string of the molecule is CCC=CC=CCNCC(N)C(C)C(CC)(CC)CCC. The largest absolute Gasteiger partial charge is 0.326 e. The zero-order valence-corrected chi connectivity index (χ0v) is 15.0. The standard InChI is InChI=1S/C19H38N2/c1-6-10-11-12-13-15-21-16-18(20)17(5)19(8-3,9-4)14-7-2/h10-13,17-18,21H,6-9,14-16,20H2,1-5H3. The van der Waals surface area contributed by atoms with E-state index in [0.717, 1.165) is 19.5 Å². The first-order valence-electron chi connectivity index (χ1n) is 8.85. The highest BCUT2D eigenvalue weighted by Gasteiger charge is 2.34. The topological polar surface area (TPSA) is 38.0 Å². The van der Waals surface area contributed by atoms with E-state index in [-0.39, 0.29) is 6.04 Å². The van der Waals surface area contributed by atoms with Gasteiger partial charge < -0.3 is 11.1 Å². The molecule has 0 radical (unpaired) electrons. The maximum atomic E-state index is 6.45. The Hall–Kier alpha value is -0.600. The summed E-state index contributed by atoms with van der Waals surface area (Å²) < 4.78 is 0. The van der Waals surface area contributed by atoms with Crippen LogP contribution in [0.3, 0.4) is 0 Å². The summed E-state index contributed by atoms with van der Waals surface area (Å²) in [4.78, 5) is 0. The predicted octanol–water partition coefficient (Wildman–Crippen LogP) is 4.67. The average Bonchev–Trinajstić information content (AvgIpc) is 2.51. The van der Waals surface area contributed by atoms with Crippen LogP contribution in [0.5, 0.6) is 0 Å². The van der Waals surface area contributed by atoms with Gasteiger partial charge in [0.05, 0.1) is 0 Å². The summed E-state index contributed by atoms with van der Waals surface area (Å²) >= 11 is 0. The average molecular weight is 295 g/mol. The van der Waals surface area contributed by atoms with Crippen LogP contribution in [-0.2, 0) is 0 Å². The van der Waals surface area contributed by atoms with Gasteiger partial charge in [0.25, 0.3) is 0 Å². The fraction of sp³-hybridized carbons (Fsp3) is 0.789. The second kappa shape index (κ2) is 12.0. The van der Waals surface area contributed by atoms with Crippen molar-refractivity contribution in [2.45, 2.75) is 72.8 Å². The Bertz CT molecular complexity index is 290. The van der Waals surface area contributed by atoms with Crippen LogP contribution < -0.4 is 11.1 Å². The van der Waals surface area contributed by atoms with Crippen LogP contribution in [0.15, 0.2) is 24.3 Å². The van der Waals surface area contributed by atoms with Crippen molar-refractivity contribution in [3.05, 3.63) is 24.3 Å². The summed E-state index contributed by atoms with van der Waals surface area (Å²) in [7, 11) is 0. The lowest BCUT2D eigenvalue weighted by Gasteiger charge is -2.41. The molecule has 2 unspecified atom stereocenters. The predicted molar refractivity (Wildman–Crippen MR) is 96.5 cm³/mol. The van der Waals surface area contributed by atoms with E-state index in [1.807, 2.05) is 0 Å². The van der Waals surface area contributed by atoms with Crippen LogP contribution in [0.4, 0.5) is 0 Å². The molecule has 0 aromatic rings. The van der Waals surface area contributed by atoms with Crippen molar-refractivity contribution in [1.82, 2.24) is 5.32 Å². The molecular formula is C19H38N2. The van der Waals surface area contributed by atoms with E-state index in [0.29, 0.717) is 11.3 Å². The van der Waals surface area contributed by atoms with Crippen LogP contribution in [0, 0.1) is 11.3 Å². The van der Waals surface area contributed by atoms with E-state index >= 15 is 0 Å². The smallest absolute Gasteiger partial charge is 0.0196 e.